The van der Waals surface area contributed by atoms with E-state index in [2.05, 4.69) is 26.2 Å². The van der Waals surface area contributed by atoms with Gasteiger partial charge in [0.2, 0.25) is 0 Å². The third-order valence-corrected chi connectivity index (χ3v) is 3.93. The van der Waals surface area contributed by atoms with E-state index in [0.29, 0.717) is 15.1 Å². The number of carbonyl (C=O) groups is 1. The van der Waals surface area contributed by atoms with Gasteiger partial charge in [-0.2, -0.15) is 0 Å². The van der Waals surface area contributed by atoms with Crippen LogP contribution in [0.5, 0.6) is 0 Å². The van der Waals surface area contributed by atoms with Crippen molar-refractivity contribution >= 4 is 50.0 Å². The van der Waals surface area contributed by atoms with Gasteiger partial charge in [0.05, 0.1) is 11.1 Å². The van der Waals surface area contributed by atoms with Crippen LogP contribution in [0.3, 0.4) is 0 Å². The molecule has 0 aliphatic heterocycles. The van der Waals surface area contributed by atoms with Crippen LogP contribution in [0.15, 0.2) is 59.2 Å². The first-order chi connectivity index (χ1) is 10.1. The Morgan fingerprint density at radius 2 is 2.00 bits per heavy atom. The molecule has 1 amide bonds. The van der Waals surface area contributed by atoms with Crippen molar-refractivity contribution in [1.82, 2.24) is 4.98 Å². The fraction of sp³-hybridized carbons (Fsp3) is 0. The van der Waals surface area contributed by atoms with Gasteiger partial charge in [-0.05, 0) is 58.4 Å². The second kappa shape index (κ2) is 5.84. The molecule has 104 valence electrons. The average molecular weight is 362 g/mol. The Hall–Kier alpha value is -1.91. The lowest BCUT2D eigenvalue weighted by Gasteiger charge is -2.08. The van der Waals surface area contributed by atoms with Gasteiger partial charge in [-0.1, -0.05) is 17.7 Å². The van der Waals surface area contributed by atoms with Crippen LogP contribution in [0.4, 0.5) is 5.69 Å². The molecule has 0 radical (unpaired) electrons. The first kappa shape index (κ1) is 14.0. The molecule has 0 saturated carbocycles. The predicted octanol–water partition coefficient (Wildman–Crippen LogP) is 4.90. The van der Waals surface area contributed by atoms with Gasteiger partial charge < -0.3 is 5.32 Å². The second-order valence-corrected chi connectivity index (χ2v) is 5.78. The normalized spacial score (nSPS) is 10.6. The number of halogens is 2. The van der Waals surface area contributed by atoms with Crippen molar-refractivity contribution in [3.8, 4) is 0 Å². The SMILES string of the molecule is O=C(Nc1ccc2ncccc2c1)c1ccc(Cl)cc1Br. The Morgan fingerprint density at radius 1 is 1.14 bits per heavy atom. The number of carbonyl (C=O) groups excluding carboxylic acids is 1. The molecule has 3 aromatic rings. The fourth-order valence-corrected chi connectivity index (χ4v) is 2.89. The van der Waals surface area contributed by atoms with Gasteiger partial charge >= 0.3 is 0 Å². The molecule has 0 saturated heterocycles. The van der Waals surface area contributed by atoms with E-state index in [1.54, 1.807) is 24.4 Å². The topological polar surface area (TPSA) is 42.0 Å². The summed E-state index contributed by atoms with van der Waals surface area (Å²) in [5.74, 6) is -0.193. The summed E-state index contributed by atoms with van der Waals surface area (Å²) in [6.07, 6.45) is 1.74. The summed E-state index contributed by atoms with van der Waals surface area (Å²) < 4.78 is 0.662. The number of fused-ring (bicyclic) bond motifs is 1. The van der Waals surface area contributed by atoms with Crippen LogP contribution in [-0.2, 0) is 0 Å². The molecular formula is C16H10BrClN2O. The van der Waals surface area contributed by atoms with Gasteiger partial charge in [-0.15, -0.1) is 0 Å². The lowest BCUT2D eigenvalue weighted by Crippen LogP contribution is -2.12. The van der Waals surface area contributed by atoms with Gasteiger partial charge in [-0.3, -0.25) is 9.78 Å². The molecule has 3 nitrogen and oxygen atoms in total. The molecule has 0 aliphatic carbocycles. The van der Waals surface area contributed by atoms with E-state index in [9.17, 15) is 4.79 Å². The molecule has 21 heavy (non-hydrogen) atoms. The highest BCUT2D eigenvalue weighted by molar-refractivity contribution is 9.10. The Balaban J connectivity index is 1.89. The lowest BCUT2D eigenvalue weighted by atomic mass is 10.1. The number of amides is 1. The Kier molecular flexibility index (Phi) is 3.90. The van der Waals surface area contributed by atoms with Crippen LogP contribution >= 0.6 is 27.5 Å². The number of nitrogens with one attached hydrogen (secondary N) is 1. The monoisotopic (exact) mass is 360 g/mol. The van der Waals surface area contributed by atoms with Crippen molar-refractivity contribution in [2.45, 2.75) is 0 Å². The minimum atomic E-state index is -0.193. The Bertz CT molecular complexity index is 835. The lowest BCUT2D eigenvalue weighted by molar-refractivity contribution is 0.102. The number of hydrogen-bond acceptors (Lipinski definition) is 2. The van der Waals surface area contributed by atoms with E-state index in [4.69, 9.17) is 11.6 Å². The zero-order valence-electron chi connectivity index (χ0n) is 10.8. The minimum absolute atomic E-state index is 0.193. The van der Waals surface area contributed by atoms with Crippen molar-refractivity contribution in [3.63, 3.8) is 0 Å². The number of hydrogen-bond donors (Lipinski definition) is 1. The van der Waals surface area contributed by atoms with E-state index < -0.39 is 0 Å². The number of nitrogens with zero attached hydrogens (tertiary/aromatic N) is 1. The molecule has 2 aromatic carbocycles. The Labute approximate surface area is 135 Å². The number of rotatable bonds is 2. The van der Waals surface area contributed by atoms with E-state index in [1.807, 2.05) is 30.3 Å². The van der Waals surface area contributed by atoms with E-state index >= 15 is 0 Å². The van der Waals surface area contributed by atoms with Crippen LogP contribution in [-0.4, -0.2) is 10.9 Å². The Morgan fingerprint density at radius 3 is 2.81 bits per heavy atom. The summed E-state index contributed by atoms with van der Waals surface area (Å²) in [7, 11) is 0. The number of aromatic nitrogens is 1. The number of pyridine rings is 1. The highest BCUT2D eigenvalue weighted by Gasteiger charge is 2.10. The van der Waals surface area contributed by atoms with Crippen molar-refractivity contribution in [2.24, 2.45) is 0 Å². The third-order valence-electron chi connectivity index (χ3n) is 3.04. The maximum Gasteiger partial charge on any atom is 0.256 e. The predicted molar refractivity (Wildman–Crippen MR) is 88.8 cm³/mol. The van der Waals surface area contributed by atoms with Crippen LogP contribution in [0.2, 0.25) is 5.02 Å². The summed E-state index contributed by atoms with van der Waals surface area (Å²) in [6, 6.07) is 14.5. The quantitative estimate of drug-likeness (QED) is 0.705. The zero-order valence-corrected chi connectivity index (χ0v) is 13.1. The average Bonchev–Trinajstić information content (AvgIpc) is 2.47. The van der Waals surface area contributed by atoms with Gasteiger partial charge in [0.25, 0.3) is 5.91 Å². The van der Waals surface area contributed by atoms with Crippen LogP contribution < -0.4 is 5.32 Å². The fourth-order valence-electron chi connectivity index (χ4n) is 2.03. The molecule has 0 spiro atoms. The molecule has 1 N–H and O–H groups in total. The maximum absolute atomic E-state index is 12.3. The largest absolute Gasteiger partial charge is 0.322 e. The van der Waals surface area contributed by atoms with Crippen molar-refractivity contribution in [2.75, 3.05) is 5.32 Å². The molecule has 1 heterocycles. The first-order valence-electron chi connectivity index (χ1n) is 6.25. The van der Waals surface area contributed by atoms with Gasteiger partial charge in [-0.25, -0.2) is 0 Å². The van der Waals surface area contributed by atoms with E-state index in [-0.39, 0.29) is 5.91 Å². The zero-order chi connectivity index (χ0) is 14.8. The van der Waals surface area contributed by atoms with Crippen LogP contribution in [0.25, 0.3) is 10.9 Å². The molecule has 5 heteroatoms. The number of benzene rings is 2. The van der Waals surface area contributed by atoms with E-state index in [1.165, 1.54) is 0 Å². The molecule has 0 unspecified atom stereocenters. The highest BCUT2D eigenvalue weighted by Crippen LogP contribution is 2.23. The molecule has 3 rings (SSSR count). The third kappa shape index (κ3) is 3.06. The van der Waals surface area contributed by atoms with E-state index in [0.717, 1.165) is 16.6 Å². The van der Waals surface area contributed by atoms with Gasteiger partial charge in [0.1, 0.15) is 0 Å². The van der Waals surface area contributed by atoms with Crippen LogP contribution in [0, 0.1) is 0 Å². The van der Waals surface area contributed by atoms with Gasteiger partial charge in [0, 0.05) is 26.8 Å². The molecule has 0 aliphatic rings. The molecule has 0 atom stereocenters. The van der Waals surface area contributed by atoms with Gasteiger partial charge in [0.15, 0.2) is 0 Å². The summed E-state index contributed by atoms with van der Waals surface area (Å²) in [5, 5.41) is 4.43. The standard InChI is InChI=1S/C16H10BrClN2O/c17-14-9-11(18)3-5-13(14)16(21)20-12-4-6-15-10(8-12)2-1-7-19-15/h1-9H,(H,20,21). The maximum atomic E-state index is 12.3. The second-order valence-electron chi connectivity index (χ2n) is 4.49. The molecule has 1 aromatic heterocycles. The summed E-state index contributed by atoms with van der Waals surface area (Å²) in [6.45, 7) is 0. The summed E-state index contributed by atoms with van der Waals surface area (Å²) in [4.78, 5) is 16.5. The summed E-state index contributed by atoms with van der Waals surface area (Å²) >= 11 is 9.22. The van der Waals surface area contributed by atoms with Crippen molar-refractivity contribution in [1.29, 1.82) is 0 Å². The summed E-state index contributed by atoms with van der Waals surface area (Å²) in [5.41, 5.74) is 2.15. The van der Waals surface area contributed by atoms with Crippen molar-refractivity contribution < 1.29 is 4.79 Å². The molecule has 0 fully saturated rings. The van der Waals surface area contributed by atoms with Crippen molar-refractivity contribution in [3.05, 3.63) is 69.8 Å². The number of anilines is 1. The highest BCUT2D eigenvalue weighted by atomic mass is 79.9. The molecule has 0 bridgehead atoms. The minimum Gasteiger partial charge on any atom is -0.322 e. The van der Waals surface area contributed by atoms with Crippen LogP contribution in [0.1, 0.15) is 10.4 Å². The smallest absolute Gasteiger partial charge is 0.256 e. The molecular weight excluding hydrogens is 352 g/mol. The first-order valence-corrected chi connectivity index (χ1v) is 7.42.